The van der Waals surface area contributed by atoms with Crippen LogP contribution in [0.25, 0.3) is 0 Å². The number of carbonyl (C=O) groups is 1. The van der Waals surface area contributed by atoms with Gasteiger partial charge in [-0.3, -0.25) is 4.79 Å². The molecule has 0 amide bonds. The number of halogens is 1. The highest BCUT2D eigenvalue weighted by atomic mass is 127. The van der Waals surface area contributed by atoms with Crippen LogP contribution in [0.3, 0.4) is 0 Å². The molecule has 3 rings (SSSR count). The quantitative estimate of drug-likeness (QED) is 0.353. The number of aliphatic hydroxyl groups excluding tert-OH is 1. The molecule has 0 aliphatic heterocycles. The molecule has 2 aromatic rings. The molecule has 162 valence electrons. The van der Waals surface area contributed by atoms with Crippen molar-refractivity contribution in [1.82, 2.24) is 0 Å². The van der Waals surface area contributed by atoms with Gasteiger partial charge < -0.3 is 10.2 Å². The summed E-state index contributed by atoms with van der Waals surface area (Å²) in [4.78, 5) is 10.8. The SMILES string of the molecule is CC(C)(C)c1cccc(CC[C@H]2C(I)CC(O)[C@@H]2c2ccc(CCC(=O)O)cc2)c1. The molecular weight excluding hydrogens is 487 g/mol. The first-order valence-corrected chi connectivity index (χ1v) is 12.1. The minimum Gasteiger partial charge on any atom is -0.481 e. The number of carboxylic acids is 1. The van der Waals surface area contributed by atoms with E-state index in [0.717, 1.165) is 24.8 Å². The van der Waals surface area contributed by atoms with E-state index < -0.39 is 5.97 Å². The molecule has 1 saturated carbocycles. The fourth-order valence-corrected chi connectivity index (χ4v) is 5.90. The number of rotatable bonds is 7. The van der Waals surface area contributed by atoms with E-state index in [0.29, 0.717) is 16.3 Å². The Morgan fingerprint density at radius 2 is 1.77 bits per heavy atom. The van der Waals surface area contributed by atoms with E-state index in [1.165, 1.54) is 16.7 Å². The van der Waals surface area contributed by atoms with Crippen molar-refractivity contribution < 1.29 is 15.0 Å². The molecule has 2 unspecified atom stereocenters. The van der Waals surface area contributed by atoms with Crippen LogP contribution >= 0.6 is 22.6 Å². The van der Waals surface area contributed by atoms with Crippen LogP contribution in [0.15, 0.2) is 48.5 Å². The minimum atomic E-state index is -0.770. The van der Waals surface area contributed by atoms with Gasteiger partial charge in [0.05, 0.1) is 6.10 Å². The molecule has 0 spiro atoms. The molecule has 3 nitrogen and oxygen atoms in total. The maximum Gasteiger partial charge on any atom is 0.303 e. The van der Waals surface area contributed by atoms with Crippen molar-refractivity contribution in [3.05, 3.63) is 70.8 Å². The largest absolute Gasteiger partial charge is 0.481 e. The molecule has 4 heteroatoms. The van der Waals surface area contributed by atoms with Crippen molar-refractivity contribution in [3.63, 3.8) is 0 Å². The van der Waals surface area contributed by atoms with Gasteiger partial charge in [-0.05, 0) is 59.3 Å². The van der Waals surface area contributed by atoms with Crippen molar-refractivity contribution in [3.8, 4) is 0 Å². The Morgan fingerprint density at radius 1 is 1.07 bits per heavy atom. The van der Waals surface area contributed by atoms with Crippen molar-refractivity contribution in [2.75, 3.05) is 0 Å². The van der Waals surface area contributed by atoms with Gasteiger partial charge in [0.15, 0.2) is 0 Å². The number of carboxylic acid groups (broad SMARTS) is 1. The Kier molecular flexibility index (Phi) is 7.61. The molecule has 0 heterocycles. The lowest BCUT2D eigenvalue weighted by Gasteiger charge is -2.25. The molecule has 0 bridgehead atoms. The number of aliphatic carboxylic acids is 1. The first-order valence-electron chi connectivity index (χ1n) is 10.9. The standard InChI is InChI=1S/C26H33IO3/c1-26(2,3)20-6-4-5-18(15-20)9-13-21-22(27)16-23(28)25(21)19-11-7-17(8-12-19)10-14-24(29)30/h4-8,11-12,15,21-23,25,28H,9-10,13-14,16H2,1-3H3,(H,29,30)/t21-,22?,23?,25+/m0/s1. The number of hydrogen-bond donors (Lipinski definition) is 2. The Labute approximate surface area is 194 Å². The third kappa shape index (κ3) is 5.85. The van der Waals surface area contributed by atoms with Gasteiger partial charge in [-0.2, -0.15) is 0 Å². The summed E-state index contributed by atoms with van der Waals surface area (Å²) in [5.41, 5.74) is 5.10. The lowest BCUT2D eigenvalue weighted by atomic mass is 9.82. The Balaban J connectivity index is 1.71. The fraction of sp³-hybridized carbons (Fsp3) is 0.500. The van der Waals surface area contributed by atoms with Crippen molar-refractivity contribution in [2.24, 2.45) is 5.92 Å². The molecule has 0 saturated heterocycles. The second-order valence-corrected chi connectivity index (χ2v) is 11.2. The molecule has 4 atom stereocenters. The number of hydrogen-bond acceptors (Lipinski definition) is 2. The Hall–Kier alpha value is -1.40. The lowest BCUT2D eigenvalue weighted by Crippen LogP contribution is -2.19. The summed E-state index contributed by atoms with van der Waals surface area (Å²) in [6.07, 6.45) is 3.29. The second-order valence-electron chi connectivity index (χ2n) is 9.63. The molecule has 2 N–H and O–H groups in total. The Bertz CT molecular complexity index is 853. The van der Waals surface area contributed by atoms with Crippen molar-refractivity contribution in [1.29, 1.82) is 0 Å². The lowest BCUT2D eigenvalue weighted by molar-refractivity contribution is -0.136. The minimum absolute atomic E-state index is 0.145. The maximum atomic E-state index is 10.8. The first kappa shape index (κ1) is 23.3. The molecule has 2 aromatic carbocycles. The highest BCUT2D eigenvalue weighted by Gasteiger charge is 2.41. The zero-order valence-electron chi connectivity index (χ0n) is 18.1. The molecule has 30 heavy (non-hydrogen) atoms. The summed E-state index contributed by atoms with van der Waals surface area (Å²) in [6.45, 7) is 6.74. The number of alkyl halides is 1. The van der Waals surface area contributed by atoms with Crippen LogP contribution in [-0.4, -0.2) is 26.2 Å². The van der Waals surface area contributed by atoms with Crippen molar-refractivity contribution in [2.45, 2.75) is 74.2 Å². The van der Waals surface area contributed by atoms with Gasteiger partial charge in [0.1, 0.15) is 0 Å². The zero-order chi connectivity index (χ0) is 21.9. The maximum absolute atomic E-state index is 10.8. The molecule has 0 aromatic heterocycles. The highest BCUT2D eigenvalue weighted by Crippen LogP contribution is 2.46. The van der Waals surface area contributed by atoms with Crippen LogP contribution in [-0.2, 0) is 23.1 Å². The average Bonchev–Trinajstić information content (AvgIpc) is 2.97. The summed E-state index contributed by atoms with van der Waals surface area (Å²) in [5.74, 6) is -0.191. The number of benzene rings is 2. The van der Waals surface area contributed by atoms with Crippen LogP contribution in [0, 0.1) is 5.92 Å². The molecular formula is C26H33IO3. The third-order valence-corrected chi connectivity index (χ3v) is 7.79. The molecule has 1 aliphatic carbocycles. The fourth-order valence-electron chi connectivity index (χ4n) is 4.58. The van der Waals surface area contributed by atoms with Crippen LogP contribution in [0.5, 0.6) is 0 Å². The number of aliphatic hydroxyl groups is 1. The van der Waals surface area contributed by atoms with E-state index in [1.807, 2.05) is 12.1 Å². The predicted octanol–water partition coefficient (Wildman–Crippen LogP) is 5.90. The van der Waals surface area contributed by atoms with Crippen LogP contribution in [0.2, 0.25) is 0 Å². The molecule has 1 fully saturated rings. The third-order valence-electron chi connectivity index (χ3n) is 6.36. The topological polar surface area (TPSA) is 57.5 Å². The zero-order valence-corrected chi connectivity index (χ0v) is 20.3. The van der Waals surface area contributed by atoms with Gasteiger partial charge in [0, 0.05) is 16.3 Å². The van der Waals surface area contributed by atoms with E-state index >= 15 is 0 Å². The van der Waals surface area contributed by atoms with Gasteiger partial charge in [0.2, 0.25) is 0 Å². The van der Waals surface area contributed by atoms with Crippen LogP contribution in [0.1, 0.15) is 68.2 Å². The smallest absolute Gasteiger partial charge is 0.303 e. The van der Waals surface area contributed by atoms with Gasteiger partial charge in [-0.15, -0.1) is 0 Å². The molecule has 1 aliphatic rings. The average molecular weight is 520 g/mol. The van der Waals surface area contributed by atoms with Gasteiger partial charge >= 0.3 is 5.97 Å². The van der Waals surface area contributed by atoms with E-state index in [9.17, 15) is 9.90 Å². The predicted molar refractivity (Wildman–Crippen MR) is 131 cm³/mol. The molecule has 0 radical (unpaired) electrons. The van der Waals surface area contributed by atoms with Gasteiger partial charge in [-0.1, -0.05) is 91.9 Å². The highest BCUT2D eigenvalue weighted by molar-refractivity contribution is 14.1. The first-order chi connectivity index (χ1) is 14.1. The van der Waals surface area contributed by atoms with Crippen molar-refractivity contribution >= 4 is 28.6 Å². The van der Waals surface area contributed by atoms with E-state index in [-0.39, 0.29) is 23.9 Å². The van der Waals surface area contributed by atoms with E-state index in [4.69, 9.17) is 5.11 Å². The normalized spacial score (nSPS) is 24.2. The Morgan fingerprint density at radius 3 is 2.40 bits per heavy atom. The van der Waals surface area contributed by atoms with Gasteiger partial charge in [0.25, 0.3) is 0 Å². The second kappa shape index (κ2) is 9.82. The summed E-state index contributed by atoms with van der Waals surface area (Å²) in [7, 11) is 0. The summed E-state index contributed by atoms with van der Waals surface area (Å²) in [6, 6.07) is 17.1. The summed E-state index contributed by atoms with van der Waals surface area (Å²) < 4.78 is 0.458. The van der Waals surface area contributed by atoms with E-state index in [2.05, 4.69) is 79.8 Å². The van der Waals surface area contributed by atoms with Crippen LogP contribution in [0.4, 0.5) is 0 Å². The van der Waals surface area contributed by atoms with Crippen LogP contribution < -0.4 is 0 Å². The monoisotopic (exact) mass is 520 g/mol. The van der Waals surface area contributed by atoms with Gasteiger partial charge in [-0.25, -0.2) is 0 Å². The number of aryl methyl sites for hydroxylation is 2. The summed E-state index contributed by atoms with van der Waals surface area (Å²) >= 11 is 2.52. The van der Waals surface area contributed by atoms with E-state index in [1.54, 1.807) is 0 Å². The summed E-state index contributed by atoms with van der Waals surface area (Å²) in [5, 5.41) is 19.7.